The number of nitrogens with zero attached hydrogens (tertiary/aromatic N) is 3. The highest BCUT2D eigenvalue weighted by atomic mass is 16.5. The topological polar surface area (TPSA) is 87.6 Å². The van der Waals surface area contributed by atoms with Crippen molar-refractivity contribution in [3.8, 4) is 0 Å². The van der Waals surface area contributed by atoms with Gasteiger partial charge in [-0.1, -0.05) is 19.1 Å². The molecule has 0 spiro atoms. The van der Waals surface area contributed by atoms with Gasteiger partial charge in [0.2, 0.25) is 5.95 Å². The molecule has 7 heteroatoms. The highest BCUT2D eigenvalue weighted by molar-refractivity contribution is 5.75. The van der Waals surface area contributed by atoms with Crippen LogP contribution in [0.25, 0.3) is 5.57 Å². The predicted octanol–water partition coefficient (Wildman–Crippen LogP) is 1.87. The first-order chi connectivity index (χ1) is 13.1. The number of carboxylic acid groups (broad SMARTS) is 1. The minimum absolute atomic E-state index is 0.0405. The second kappa shape index (κ2) is 7.78. The fourth-order valence-corrected chi connectivity index (χ4v) is 3.99. The van der Waals surface area contributed by atoms with Gasteiger partial charge in [-0.2, -0.15) is 0 Å². The summed E-state index contributed by atoms with van der Waals surface area (Å²) in [6, 6.07) is 0.229. The molecule has 7 nitrogen and oxygen atoms in total. The van der Waals surface area contributed by atoms with Crippen LogP contribution in [0.3, 0.4) is 0 Å². The zero-order valence-electron chi connectivity index (χ0n) is 15.5. The summed E-state index contributed by atoms with van der Waals surface area (Å²) in [7, 11) is 0. The monoisotopic (exact) mass is 370 g/mol. The largest absolute Gasteiger partial charge is 0.481 e. The summed E-state index contributed by atoms with van der Waals surface area (Å²) >= 11 is 0. The summed E-state index contributed by atoms with van der Waals surface area (Å²) in [5.74, 6) is 0.109. The number of nitrogens with one attached hydrogen (secondary N) is 1. The second-order valence-corrected chi connectivity index (χ2v) is 7.52. The molecule has 2 aliphatic heterocycles. The van der Waals surface area contributed by atoms with Gasteiger partial charge in [0.25, 0.3) is 0 Å². The van der Waals surface area contributed by atoms with Crippen LogP contribution in [0.15, 0.2) is 30.6 Å². The lowest BCUT2D eigenvalue weighted by Crippen LogP contribution is -2.51. The SMILES string of the molecule is CCC1CNC2C=CC(c3cnc(N4CCC(CC(=O)O)C4)nc3)=CC2O1. The molecule has 0 saturated carbocycles. The van der Waals surface area contributed by atoms with Crippen molar-refractivity contribution >= 4 is 17.5 Å². The second-order valence-electron chi connectivity index (χ2n) is 7.52. The Morgan fingerprint density at radius 2 is 2.22 bits per heavy atom. The van der Waals surface area contributed by atoms with E-state index in [1.165, 1.54) is 0 Å². The highest BCUT2D eigenvalue weighted by Crippen LogP contribution is 2.27. The van der Waals surface area contributed by atoms with Gasteiger partial charge >= 0.3 is 5.97 Å². The van der Waals surface area contributed by atoms with Gasteiger partial charge in [0, 0.05) is 44.0 Å². The molecule has 1 aliphatic carbocycles. The number of hydrogen-bond acceptors (Lipinski definition) is 6. The quantitative estimate of drug-likeness (QED) is 0.818. The van der Waals surface area contributed by atoms with E-state index in [-0.39, 0.29) is 30.6 Å². The molecular weight excluding hydrogens is 344 g/mol. The summed E-state index contributed by atoms with van der Waals surface area (Å²) < 4.78 is 6.15. The standard InChI is InChI=1S/C20H26N4O3/c1-2-16-11-21-17-4-3-14(8-18(17)27-16)15-9-22-20(23-10-15)24-6-5-13(12-24)7-19(25)26/h3-4,8-10,13,16-18,21H,2,5-7,11-12H2,1H3,(H,25,26). The van der Waals surface area contributed by atoms with Gasteiger partial charge in [-0.05, 0) is 30.4 Å². The zero-order valence-corrected chi connectivity index (χ0v) is 15.5. The molecule has 27 heavy (non-hydrogen) atoms. The number of carbonyl (C=O) groups is 1. The summed E-state index contributed by atoms with van der Waals surface area (Å²) in [6.07, 6.45) is 12.5. The number of carboxylic acids is 1. The highest BCUT2D eigenvalue weighted by Gasteiger charge is 2.30. The van der Waals surface area contributed by atoms with E-state index in [1.807, 2.05) is 12.4 Å². The van der Waals surface area contributed by atoms with Crippen LogP contribution < -0.4 is 10.2 Å². The maximum atomic E-state index is 10.9. The number of fused-ring (bicyclic) bond motifs is 1. The number of rotatable bonds is 5. The third-order valence-electron chi connectivity index (χ3n) is 5.57. The minimum Gasteiger partial charge on any atom is -0.481 e. The van der Waals surface area contributed by atoms with Crippen LogP contribution in [0.4, 0.5) is 5.95 Å². The Morgan fingerprint density at radius 1 is 1.41 bits per heavy atom. The van der Waals surface area contributed by atoms with Gasteiger partial charge in [0.1, 0.15) is 0 Å². The molecule has 2 saturated heterocycles. The molecular formula is C20H26N4O3. The number of hydrogen-bond donors (Lipinski definition) is 2. The summed E-state index contributed by atoms with van der Waals surface area (Å²) in [5, 5.41) is 12.5. The lowest BCUT2D eigenvalue weighted by Gasteiger charge is -2.36. The number of ether oxygens (including phenoxy) is 1. The minimum atomic E-state index is -0.739. The van der Waals surface area contributed by atoms with E-state index in [2.05, 4.69) is 45.3 Å². The maximum absolute atomic E-state index is 10.9. The van der Waals surface area contributed by atoms with Crippen molar-refractivity contribution in [1.82, 2.24) is 15.3 Å². The Labute approximate surface area is 159 Å². The molecule has 0 bridgehead atoms. The Hall–Kier alpha value is -2.25. The normalized spacial score (nSPS) is 30.1. The number of aromatic nitrogens is 2. The van der Waals surface area contributed by atoms with Gasteiger partial charge in [0.15, 0.2) is 0 Å². The molecule has 3 heterocycles. The van der Waals surface area contributed by atoms with Crippen molar-refractivity contribution in [2.75, 3.05) is 24.5 Å². The van der Waals surface area contributed by atoms with Gasteiger partial charge in [-0.3, -0.25) is 4.79 Å². The fourth-order valence-electron chi connectivity index (χ4n) is 3.99. The van der Waals surface area contributed by atoms with Crippen LogP contribution in [0.2, 0.25) is 0 Å². The number of allylic oxidation sites excluding steroid dienone is 2. The van der Waals surface area contributed by atoms with Gasteiger partial charge in [0.05, 0.1) is 18.2 Å². The molecule has 0 aromatic carbocycles. The molecule has 0 amide bonds. The lowest BCUT2D eigenvalue weighted by molar-refractivity contribution is -0.137. The van der Waals surface area contributed by atoms with Crippen molar-refractivity contribution < 1.29 is 14.6 Å². The first-order valence-electron chi connectivity index (χ1n) is 9.70. The third-order valence-corrected chi connectivity index (χ3v) is 5.57. The lowest BCUT2D eigenvalue weighted by atomic mass is 9.95. The first kappa shape index (κ1) is 18.1. The molecule has 0 radical (unpaired) electrons. The zero-order chi connectivity index (χ0) is 18.8. The Balaban J connectivity index is 1.43. The third kappa shape index (κ3) is 4.04. The smallest absolute Gasteiger partial charge is 0.303 e. The summed E-state index contributed by atoms with van der Waals surface area (Å²) in [5.41, 5.74) is 2.04. The molecule has 1 aromatic heterocycles. The molecule has 4 unspecified atom stereocenters. The summed E-state index contributed by atoms with van der Waals surface area (Å²) in [4.78, 5) is 22.0. The van der Waals surface area contributed by atoms with Crippen molar-refractivity contribution in [2.24, 2.45) is 5.92 Å². The Morgan fingerprint density at radius 3 is 2.96 bits per heavy atom. The van der Waals surface area contributed by atoms with E-state index in [0.717, 1.165) is 37.1 Å². The van der Waals surface area contributed by atoms with Crippen molar-refractivity contribution in [1.29, 1.82) is 0 Å². The van der Waals surface area contributed by atoms with Crippen LogP contribution in [0.1, 0.15) is 31.7 Å². The summed E-state index contributed by atoms with van der Waals surface area (Å²) in [6.45, 7) is 4.54. The van der Waals surface area contributed by atoms with Crippen molar-refractivity contribution in [2.45, 2.75) is 44.4 Å². The van der Waals surface area contributed by atoms with E-state index in [0.29, 0.717) is 12.5 Å². The van der Waals surface area contributed by atoms with Crippen molar-refractivity contribution in [3.05, 3.63) is 36.2 Å². The average Bonchev–Trinajstić information content (AvgIpc) is 3.15. The molecule has 4 rings (SSSR count). The van der Waals surface area contributed by atoms with Crippen molar-refractivity contribution in [3.63, 3.8) is 0 Å². The van der Waals surface area contributed by atoms with Crippen LogP contribution in [0, 0.1) is 5.92 Å². The molecule has 3 aliphatic rings. The molecule has 4 atom stereocenters. The van der Waals surface area contributed by atoms with E-state index in [1.54, 1.807) is 0 Å². The van der Waals surface area contributed by atoms with E-state index in [9.17, 15) is 4.79 Å². The molecule has 144 valence electrons. The molecule has 1 aromatic rings. The number of morpholine rings is 1. The Kier molecular flexibility index (Phi) is 5.22. The number of anilines is 1. The van der Waals surface area contributed by atoms with E-state index >= 15 is 0 Å². The van der Waals surface area contributed by atoms with Gasteiger partial charge in [-0.25, -0.2) is 9.97 Å². The molecule has 2 N–H and O–H groups in total. The van der Waals surface area contributed by atoms with Gasteiger partial charge in [-0.15, -0.1) is 0 Å². The first-order valence-corrected chi connectivity index (χ1v) is 9.70. The fraction of sp³-hybridized carbons (Fsp3) is 0.550. The average molecular weight is 370 g/mol. The Bertz CT molecular complexity index is 746. The van der Waals surface area contributed by atoms with Crippen LogP contribution in [0.5, 0.6) is 0 Å². The maximum Gasteiger partial charge on any atom is 0.303 e. The van der Waals surface area contributed by atoms with Crippen LogP contribution in [-0.2, 0) is 9.53 Å². The van der Waals surface area contributed by atoms with E-state index < -0.39 is 5.97 Å². The van der Waals surface area contributed by atoms with Crippen LogP contribution in [-0.4, -0.2) is 58.9 Å². The van der Waals surface area contributed by atoms with Gasteiger partial charge < -0.3 is 20.1 Å². The number of aliphatic carboxylic acids is 1. The molecule has 2 fully saturated rings. The van der Waals surface area contributed by atoms with E-state index in [4.69, 9.17) is 9.84 Å². The van der Waals surface area contributed by atoms with Crippen LogP contribution >= 0.6 is 0 Å². The predicted molar refractivity (Wildman–Crippen MR) is 102 cm³/mol.